The second kappa shape index (κ2) is 9.37. The van der Waals surface area contributed by atoms with Crippen molar-refractivity contribution in [2.24, 2.45) is 11.8 Å². The van der Waals surface area contributed by atoms with Crippen LogP contribution in [0.15, 0.2) is 71.3 Å². The molecule has 2 unspecified atom stereocenters. The standard InChI is InChI=1S/C29H30BrN5O/c1-19-6-5-7-20(2)27(19)32-29(36)34-16-22-14-33(15-23(22)17-34)18-25-28(21-9-11-24(30)12-10-21)31-26-8-3-4-13-35(25)26/h3-13,22-23H,14-18H2,1-2H3,(H,32,36). The molecule has 4 heterocycles. The van der Waals surface area contributed by atoms with Crippen LogP contribution in [0, 0.1) is 25.7 Å². The van der Waals surface area contributed by atoms with E-state index in [0.717, 1.165) is 70.9 Å². The second-order valence-corrected chi connectivity index (χ2v) is 11.1. The van der Waals surface area contributed by atoms with E-state index in [0.29, 0.717) is 11.8 Å². The molecule has 2 aromatic carbocycles. The van der Waals surface area contributed by atoms with Crippen molar-refractivity contribution >= 4 is 33.3 Å². The van der Waals surface area contributed by atoms with Gasteiger partial charge >= 0.3 is 6.03 Å². The number of aryl methyl sites for hydroxylation is 2. The number of anilines is 1. The SMILES string of the molecule is Cc1cccc(C)c1NC(=O)N1CC2CN(Cc3c(-c4ccc(Br)cc4)nc4ccccn34)CC2C1. The Morgan fingerprint density at radius 3 is 2.33 bits per heavy atom. The topological polar surface area (TPSA) is 52.9 Å². The summed E-state index contributed by atoms with van der Waals surface area (Å²) in [6.07, 6.45) is 2.11. The minimum atomic E-state index is 0.0210. The Morgan fingerprint density at radius 2 is 1.64 bits per heavy atom. The Hall–Kier alpha value is -3.16. The number of halogens is 1. The summed E-state index contributed by atoms with van der Waals surface area (Å²) in [6, 6.07) is 20.7. The summed E-state index contributed by atoms with van der Waals surface area (Å²) in [6.45, 7) is 8.55. The van der Waals surface area contributed by atoms with E-state index < -0.39 is 0 Å². The molecule has 0 saturated carbocycles. The van der Waals surface area contributed by atoms with E-state index in [1.54, 1.807) is 0 Å². The molecule has 2 atom stereocenters. The number of nitrogens with zero attached hydrogens (tertiary/aromatic N) is 4. The lowest BCUT2D eigenvalue weighted by Crippen LogP contribution is -2.36. The largest absolute Gasteiger partial charge is 0.324 e. The minimum absolute atomic E-state index is 0.0210. The molecule has 0 bridgehead atoms. The second-order valence-electron chi connectivity index (χ2n) is 10.2. The fourth-order valence-electron chi connectivity index (χ4n) is 5.83. The third kappa shape index (κ3) is 4.31. The van der Waals surface area contributed by atoms with Gasteiger partial charge in [-0.2, -0.15) is 0 Å². The first-order valence-corrected chi connectivity index (χ1v) is 13.3. The van der Waals surface area contributed by atoms with E-state index >= 15 is 0 Å². The molecule has 6 nitrogen and oxygen atoms in total. The molecule has 7 heteroatoms. The number of hydrogen-bond donors (Lipinski definition) is 1. The number of benzene rings is 2. The van der Waals surface area contributed by atoms with Gasteiger partial charge in [0.2, 0.25) is 0 Å². The maximum absolute atomic E-state index is 13.0. The number of para-hydroxylation sites is 1. The van der Waals surface area contributed by atoms with Crippen molar-refractivity contribution in [3.63, 3.8) is 0 Å². The summed E-state index contributed by atoms with van der Waals surface area (Å²) in [5.41, 5.74) is 7.50. The van der Waals surface area contributed by atoms with Crippen LogP contribution in [0.2, 0.25) is 0 Å². The first kappa shape index (κ1) is 23.3. The first-order valence-electron chi connectivity index (χ1n) is 12.5. The molecule has 6 rings (SSSR count). The summed E-state index contributed by atoms with van der Waals surface area (Å²) in [4.78, 5) is 22.6. The van der Waals surface area contributed by atoms with Crippen LogP contribution in [0.25, 0.3) is 16.9 Å². The van der Waals surface area contributed by atoms with E-state index in [1.807, 2.05) is 43.0 Å². The molecule has 1 N–H and O–H groups in total. The van der Waals surface area contributed by atoms with Crippen LogP contribution in [0.5, 0.6) is 0 Å². The number of aromatic nitrogens is 2. The molecule has 2 aliphatic rings. The maximum Gasteiger partial charge on any atom is 0.321 e. The van der Waals surface area contributed by atoms with Crippen molar-refractivity contribution in [2.45, 2.75) is 20.4 Å². The average Bonchev–Trinajstić information content (AvgIpc) is 3.54. The average molecular weight is 544 g/mol. The van der Waals surface area contributed by atoms with E-state index in [-0.39, 0.29) is 6.03 Å². The number of likely N-dealkylation sites (tertiary alicyclic amines) is 2. The highest BCUT2D eigenvalue weighted by Gasteiger charge is 2.42. The third-order valence-corrected chi connectivity index (χ3v) is 8.21. The van der Waals surface area contributed by atoms with Gasteiger partial charge in [0.1, 0.15) is 5.65 Å². The molecule has 2 saturated heterocycles. The van der Waals surface area contributed by atoms with Crippen molar-refractivity contribution in [2.75, 3.05) is 31.5 Å². The van der Waals surface area contributed by atoms with Crippen LogP contribution in [-0.4, -0.2) is 51.4 Å². The molecular weight excluding hydrogens is 514 g/mol. The molecule has 0 radical (unpaired) electrons. The van der Waals surface area contributed by atoms with Crippen molar-refractivity contribution in [3.05, 3.63) is 88.2 Å². The van der Waals surface area contributed by atoms with Gasteiger partial charge in [-0.3, -0.25) is 4.90 Å². The number of carbonyl (C=O) groups excluding carboxylic acids is 1. The predicted molar refractivity (Wildman–Crippen MR) is 147 cm³/mol. The number of amides is 2. The fourth-order valence-corrected chi connectivity index (χ4v) is 6.10. The number of fused-ring (bicyclic) bond motifs is 2. The van der Waals surface area contributed by atoms with Crippen LogP contribution in [0.1, 0.15) is 16.8 Å². The number of urea groups is 1. The summed E-state index contributed by atoms with van der Waals surface area (Å²) >= 11 is 3.54. The Labute approximate surface area is 220 Å². The lowest BCUT2D eigenvalue weighted by molar-refractivity contribution is 0.211. The molecule has 0 spiro atoms. The Kier molecular flexibility index (Phi) is 6.05. The maximum atomic E-state index is 13.0. The van der Waals surface area contributed by atoms with Gasteiger partial charge in [0.15, 0.2) is 0 Å². The summed E-state index contributed by atoms with van der Waals surface area (Å²) < 4.78 is 3.28. The Morgan fingerprint density at radius 1 is 0.944 bits per heavy atom. The summed E-state index contributed by atoms with van der Waals surface area (Å²) in [5, 5.41) is 3.17. The molecule has 2 amide bonds. The molecule has 2 fully saturated rings. The van der Waals surface area contributed by atoms with E-state index in [4.69, 9.17) is 4.98 Å². The van der Waals surface area contributed by atoms with E-state index in [1.165, 1.54) is 5.69 Å². The number of pyridine rings is 1. The molecular formula is C29H30BrN5O. The smallest absolute Gasteiger partial charge is 0.321 e. The quantitative estimate of drug-likeness (QED) is 0.344. The molecule has 184 valence electrons. The van der Waals surface area contributed by atoms with Gasteiger partial charge in [-0.25, -0.2) is 9.78 Å². The van der Waals surface area contributed by atoms with Gasteiger partial charge in [0.05, 0.1) is 11.4 Å². The van der Waals surface area contributed by atoms with Gasteiger partial charge in [-0.15, -0.1) is 0 Å². The first-order chi connectivity index (χ1) is 17.5. The highest BCUT2D eigenvalue weighted by atomic mass is 79.9. The van der Waals surface area contributed by atoms with Crippen LogP contribution < -0.4 is 5.32 Å². The van der Waals surface area contributed by atoms with Crippen molar-refractivity contribution in [1.82, 2.24) is 19.2 Å². The lowest BCUT2D eigenvalue weighted by Gasteiger charge is -2.23. The van der Waals surface area contributed by atoms with Crippen molar-refractivity contribution < 1.29 is 4.79 Å². The number of imidazole rings is 1. The zero-order chi connectivity index (χ0) is 24.8. The Balaban J connectivity index is 1.16. The minimum Gasteiger partial charge on any atom is -0.324 e. The fraction of sp³-hybridized carbons (Fsp3) is 0.310. The number of nitrogens with one attached hydrogen (secondary N) is 1. The molecule has 2 aliphatic heterocycles. The van der Waals surface area contributed by atoms with Gasteiger partial charge in [-0.05, 0) is 61.1 Å². The third-order valence-electron chi connectivity index (χ3n) is 7.68. The zero-order valence-electron chi connectivity index (χ0n) is 20.6. The highest BCUT2D eigenvalue weighted by Crippen LogP contribution is 2.34. The van der Waals surface area contributed by atoms with Crippen LogP contribution in [0.3, 0.4) is 0 Å². The zero-order valence-corrected chi connectivity index (χ0v) is 22.2. The number of rotatable bonds is 4. The van der Waals surface area contributed by atoms with Gasteiger partial charge in [-0.1, -0.05) is 52.3 Å². The van der Waals surface area contributed by atoms with Crippen molar-refractivity contribution in [3.8, 4) is 11.3 Å². The Bertz CT molecular complexity index is 1400. The van der Waals surface area contributed by atoms with Gasteiger partial charge < -0.3 is 14.6 Å². The van der Waals surface area contributed by atoms with Crippen LogP contribution in [0.4, 0.5) is 10.5 Å². The summed E-state index contributed by atoms with van der Waals surface area (Å²) in [5.74, 6) is 1.01. The molecule has 0 aliphatic carbocycles. The van der Waals surface area contributed by atoms with Gasteiger partial charge in [0.25, 0.3) is 0 Å². The van der Waals surface area contributed by atoms with Crippen molar-refractivity contribution in [1.29, 1.82) is 0 Å². The molecule has 2 aromatic heterocycles. The van der Waals surface area contributed by atoms with E-state index in [9.17, 15) is 4.79 Å². The number of carbonyl (C=O) groups is 1. The van der Waals surface area contributed by atoms with Crippen LogP contribution >= 0.6 is 15.9 Å². The highest BCUT2D eigenvalue weighted by molar-refractivity contribution is 9.10. The van der Waals surface area contributed by atoms with Gasteiger partial charge in [0, 0.05) is 54.6 Å². The molecule has 4 aromatic rings. The normalized spacial score (nSPS) is 19.7. The van der Waals surface area contributed by atoms with Crippen LogP contribution in [-0.2, 0) is 6.54 Å². The summed E-state index contributed by atoms with van der Waals surface area (Å²) in [7, 11) is 0. The monoisotopic (exact) mass is 543 g/mol. The van der Waals surface area contributed by atoms with E-state index in [2.05, 4.69) is 73.1 Å². The number of hydrogen-bond acceptors (Lipinski definition) is 3. The lowest BCUT2D eigenvalue weighted by atomic mass is 10.0. The predicted octanol–water partition coefficient (Wildman–Crippen LogP) is 5.98. The molecule has 36 heavy (non-hydrogen) atoms.